The number of carbonyl (C=O) groups is 1. The molecule has 2 aliphatic carbocycles. The summed E-state index contributed by atoms with van der Waals surface area (Å²) >= 11 is 0. The van der Waals surface area contributed by atoms with E-state index in [0.717, 1.165) is 57.8 Å². The van der Waals surface area contributed by atoms with Gasteiger partial charge in [0.25, 0.3) is 5.56 Å². The van der Waals surface area contributed by atoms with E-state index < -0.39 is 5.97 Å². The van der Waals surface area contributed by atoms with Crippen molar-refractivity contribution in [2.24, 2.45) is 7.05 Å². The van der Waals surface area contributed by atoms with E-state index in [1.165, 1.54) is 23.1 Å². The molecule has 0 unspecified atom stereocenters. The largest absolute Gasteiger partial charge is 0.478 e. The highest BCUT2D eigenvalue weighted by molar-refractivity contribution is 5.88. The monoisotopic (exact) mass is 450 g/mol. The summed E-state index contributed by atoms with van der Waals surface area (Å²) in [5.74, 6) is -0.433. The number of imidazole rings is 1. The fourth-order valence-corrected chi connectivity index (χ4v) is 5.67. The van der Waals surface area contributed by atoms with Gasteiger partial charge in [-0.3, -0.25) is 13.9 Å². The lowest BCUT2D eigenvalue weighted by atomic mass is 9.94. The van der Waals surface area contributed by atoms with Gasteiger partial charge >= 0.3 is 11.7 Å². The average Bonchev–Trinajstić information content (AvgIpc) is 3.18. The Kier molecular flexibility index (Phi) is 5.68. The number of aromatic carboxylic acids is 1. The van der Waals surface area contributed by atoms with Gasteiger partial charge in [0.1, 0.15) is 5.82 Å². The molecular weight excluding hydrogens is 420 g/mol. The summed E-state index contributed by atoms with van der Waals surface area (Å²) in [5, 5.41) is 9.21. The lowest BCUT2D eigenvalue weighted by molar-refractivity contribution is 0.0697. The third-order valence-electron chi connectivity index (χ3n) is 7.40. The lowest BCUT2D eigenvalue weighted by Crippen LogP contribution is -2.44. The number of benzene rings is 1. The average molecular weight is 451 g/mol. The van der Waals surface area contributed by atoms with Gasteiger partial charge in [0.05, 0.1) is 5.56 Å². The summed E-state index contributed by atoms with van der Waals surface area (Å²) < 4.78 is 5.15. The third kappa shape index (κ3) is 3.71. The maximum atomic E-state index is 13.8. The molecule has 8 nitrogen and oxygen atoms in total. The Hall–Kier alpha value is -3.16. The predicted octanol–water partition coefficient (Wildman–Crippen LogP) is 4.27. The first-order chi connectivity index (χ1) is 16.0. The molecule has 0 bridgehead atoms. The van der Waals surface area contributed by atoms with Crippen molar-refractivity contribution in [1.29, 1.82) is 0 Å². The van der Waals surface area contributed by atoms with Crippen molar-refractivity contribution < 1.29 is 9.90 Å². The summed E-state index contributed by atoms with van der Waals surface area (Å²) in [7, 11) is 1.83. The summed E-state index contributed by atoms with van der Waals surface area (Å²) in [6.07, 6.45) is 10.1. The van der Waals surface area contributed by atoms with Gasteiger partial charge in [-0.1, -0.05) is 50.7 Å². The van der Waals surface area contributed by atoms with E-state index in [1.807, 2.05) is 16.2 Å². The molecule has 5 rings (SSSR count). The zero-order valence-corrected chi connectivity index (χ0v) is 19.0. The SMILES string of the molecule is Cn1c(-c2ccc(C(=O)O)cc2)nc2c(=O)n(C3CCCCC3)c(=O)n(C3CCCCC3)c21. The number of carboxylic acid groups (broad SMARTS) is 1. The van der Waals surface area contributed by atoms with Crippen LogP contribution in [0.1, 0.15) is 86.6 Å². The van der Waals surface area contributed by atoms with Crippen LogP contribution in [0.2, 0.25) is 0 Å². The van der Waals surface area contributed by atoms with E-state index in [0.29, 0.717) is 22.6 Å². The molecule has 1 N–H and O–H groups in total. The van der Waals surface area contributed by atoms with Crippen LogP contribution in [-0.4, -0.2) is 29.8 Å². The molecule has 1 aromatic carbocycles. The lowest BCUT2D eigenvalue weighted by Gasteiger charge is -2.28. The second-order valence-corrected chi connectivity index (χ2v) is 9.46. The number of carboxylic acids is 1. The Balaban J connectivity index is 1.75. The molecule has 0 saturated heterocycles. The number of aromatic nitrogens is 4. The Labute approximate surface area is 191 Å². The summed E-state index contributed by atoms with van der Waals surface area (Å²) in [5.41, 5.74) is 1.29. The van der Waals surface area contributed by atoms with E-state index in [4.69, 9.17) is 4.98 Å². The molecule has 2 aliphatic rings. The smallest absolute Gasteiger partial charge is 0.335 e. The Morgan fingerprint density at radius 3 is 1.97 bits per heavy atom. The predicted molar refractivity (Wildman–Crippen MR) is 126 cm³/mol. The van der Waals surface area contributed by atoms with E-state index in [-0.39, 0.29) is 28.9 Å². The molecule has 0 aliphatic heterocycles. The Morgan fingerprint density at radius 2 is 1.42 bits per heavy atom. The van der Waals surface area contributed by atoms with Crippen molar-refractivity contribution >= 4 is 17.1 Å². The molecule has 0 radical (unpaired) electrons. The van der Waals surface area contributed by atoms with Crippen LogP contribution in [0.25, 0.3) is 22.6 Å². The van der Waals surface area contributed by atoms with Gasteiger partial charge in [-0.15, -0.1) is 0 Å². The topological polar surface area (TPSA) is 99.1 Å². The summed E-state index contributed by atoms with van der Waals surface area (Å²) in [4.78, 5) is 43.4. The van der Waals surface area contributed by atoms with Crippen LogP contribution in [0, 0.1) is 0 Å². The van der Waals surface area contributed by atoms with Gasteiger partial charge in [0.2, 0.25) is 0 Å². The Bertz CT molecular complexity index is 1300. The number of fused-ring (bicyclic) bond motifs is 1. The van der Waals surface area contributed by atoms with Gasteiger partial charge in [-0.2, -0.15) is 0 Å². The summed E-state index contributed by atoms with van der Waals surface area (Å²) in [6, 6.07) is 6.46. The highest BCUT2D eigenvalue weighted by atomic mass is 16.4. The molecule has 2 aromatic heterocycles. The number of nitrogens with zero attached hydrogens (tertiary/aromatic N) is 4. The zero-order chi connectivity index (χ0) is 23.1. The molecule has 0 spiro atoms. The fraction of sp³-hybridized carbons (Fsp3) is 0.520. The van der Waals surface area contributed by atoms with Crippen molar-refractivity contribution in [3.63, 3.8) is 0 Å². The quantitative estimate of drug-likeness (QED) is 0.640. The van der Waals surface area contributed by atoms with Crippen LogP contribution in [0.15, 0.2) is 33.9 Å². The van der Waals surface area contributed by atoms with Crippen molar-refractivity contribution in [2.75, 3.05) is 0 Å². The van der Waals surface area contributed by atoms with Crippen molar-refractivity contribution in [3.05, 3.63) is 50.7 Å². The van der Waals surface area contributed by atoms with Crippen molar-refractivity contribution in [1.82, 2.24) is 18.7 Å². The first-order valence-corrected chi connectivity index (χ1v) is 12.0. The second-order valence-electron chi connectivity index (χ2n) is 9.46. The minimum Gasteiger partial charge on any atom is -0.478 e. The van der Waals surface area contributed by atoms with Gasteiger partial charge < -0.3 is 9.67 Å². The second kappa shape index (κ2) is 8.65. The first-order valence-electron chi connectivity index (χ1n) is 12.0. The van der Waals surface area contributed by atoms with E-state index in [2.05, 4.69) is 0 Å². The molecule has 8 heteroatoms. The Morgan fingerprint density at radius 1 is 0.879 bits per heavy atom. The maximum absolute atomic E-state index is 13.8. The van der Waals surface area contributed by atoms with E-state index >= 15 is 0 Å². The van der Waals surface area contributed by atoms with Crippen LogP contribution < -0.4 is 11.2 Å². The highest BCUT2D eigenvalue weighted by Crippen LogP contribution is 2.32. The van der Waals surface area contributed by atoms with Crippen LogP contribution >= 0.6 is 0 Å². The number of aryl methyl sites for hydroxylation is 1. The summed E-state index contributed by atoms with van der Waals surface area (Å²) in [6.45, 7) is 0. The first kappa shape index (κ1) is 21.7. The zero-order valence-electron chi connectivity index (χ0n) is 19.0. The third-order valence-corrected chi connectivity index (χ3v) is 7.40. The van der Waals surface area contributed by atoms with Crippen molar-refractivity contribution in [2.45, 2.75) is 76.3 Å². The standard InChI is InChI=1S/C25H30N4O4/c1-27-21(16-12-14-17(15-13-16)24(31)32)26-20-22(27)28(18-8-4-2-5-9-18)25(33)29(23(20)30)19-10-6-3-7-11-19/h12-15,18-19H,2-11H2,1H3,(H,31,32). The molecule has 2 saturated carbocycles. The van der Waals surface area contributed by atoms with Crippen molar-refractivity contribution in [3.8, 4) is 11.4 Å². The molecule has 2 fully saturated rings. The maximum Gasteiger partial charge on any atom is 0.335 e. The number of hydrogen-bond donors (Lipinski definition) is 1. The van der Waals surface area contributed by atoms with Gasteiger partial charge in [-0.05, 0) is 37.8 Å². The van der Waals surface area contributed by atoms with Gasteiger partial charge in [-0.25, -0.2) is 14.6 Å². The highest BCUT2D eigenvalue weighted by Gasteiger charge is 2.29. The van der Waals surface area contributed by atoms with Crippen LogP contribution in [-0.2, 0) is 7.05 Å². The molecule has 174 valence electrons. The van der Waals surface area contributed by atoms with Crippen LogP contribution in [0.3, 0.4) is 0 Å². The number of hydrogen-bond acceptors (Lipinski definition) is 4. The van der Waals surface area contributed by atoms with Crippen LogP contribution in [0.5, 0.6) is 0 Å². The molecule has 3 aromatic rings. The minimum absolute atomic E-state index is 0.0572. The van der Waals surface area contributed by atoms with Gasteiger partial charge in [0, 0.05) is 24.7 Å². The molecule has 0 atom stereocenters. The van der Waals surface area contributed by atoms with E-state index in [9.17, 15) is 19.5 Å². The molecular formula is C25H30N4O4. The molecule has 33 heavy (non-hydrogen) atoms. The number of rotatable bonds is 4. The van der Waals surface area contributed by atoms with Gasteiger partial charge in [0.15, 0.2) is 11.2 Å². The van der Waals surface area contributed by atoms with E-state index in [1.54, 1.807) is 12.1 Å². The normalized spacial score (nSPS) is 18.1. The fourth-order valence-electron chi connectivity index (χ4n) is 5.67. The van der Waals surface area contributed by atoms with Crippen LogP contribution in [0.4, 0.5) is 0 Å². The minimum atomic E-state index is -0.993. The molecule has 0 amide bonds. The molecule has 2 heterocycles.